The first-order chi connectivity index (χ1) is 10.1. The molecule has 0 aromatic heterocycles. The van der Waals surface area contributed by atoms with Crippen molar-refractivity contribution in [2.75, 3.05) is 23.9 Å². The zero-order valence-corrected chi connectivity index (χ0v) is 12.9. The smallest absolute Gasteiger partial charge is 0.255 e. The Hall–Kier alpha value is -2.14. The molecule has 2 aromatic carbocycles. The number of rotatable bonds is 5. The Kier molecular flexibility index (Phi) is 5.11. The minimum Gasteiger partial charge on any atom is -0.492 e. The first-order valence-electron chi connectivity index (χ1n) is 6.61. The Labute approximate surface area is 128 Å². The van der Waals surface area contributed by atoms with E-state index in [4.69, 9.17) is 10.5 Å². The fourth-order valence-electron chi connectivity index (χ4n) is 1.85. The summed E-state index contributed by atoms with van der Waals surface area (Å²) in [7, 11) is 0. The summed E-state index contributed by atoms with van der Waals surface area (Å²) >= 11 is 1.66. The van der Waals surface area contributed by atoms with Crippen LogP contribution in [0.4, 0.5) is 11.4 Å². The normalized spacial score (nSPS) is 10.2. The number of carbonyl (C=O) groups is 1. The summed E-state index contributed by atoms with van der Waals surface area (Å²) in [6, 6.07) is 12.7. The van der Waals surface area contributed by atoms with Gasteiger partial charge in [-0.15, -0.1) is 11.8 Å². The van der Waals surface area contributed by atoms with Crippen molar-refractivity contribution >= 4 is 29.0 Å². The lowest BCUT2D eigenvalue weighted by atomic mass is 10.1. The topological polar surface area (TPSA) is 64.3 Å². The van der Waals surface area contributed by atoms with E-state index in [1.807, 2.05) is 37.4 Å². The Bertz CT molecular complexity index is 627. The molecule has 0 unspecified atom stereocenters. The van der Waals surface area contributed by atoms with Crippen LogP contribution < -0.4 is 15.8 Å². The molecule has 0 aliphatic carbocycles. The van der Waals surface area contributed by atoms with Crippen LogP contribution in [0.5, 0.6) is 5.75 Å². The van der Waals surface area contributed by atoms with Crippen LogP contribution in [-0.4, -0.2) is 18.8 Å². The van der Waals surface area contributed by atoms with Crippen LogP contribution in [0.25, 0.3) is 0 Å². The highest BCUT2D eigenvalue weighted by molar-refractivity contribution is 7.98. The number of anilines is 2. The van der Waals surface area contributed by atoms with Gasteiger partial charge in [0, 0.05) is 16.1 Å². The molecule has 110 valence electrons. The average Bonchev–Trinajstić information content (AvgIpc) is 2.50. The monoisotopic (exact) mass is 302 g/mol. The third-order valence-electron chi connectivity index (χ3n) is 2.92. The van der Waals surface area contributed by atoms with E-state index in [1.54, 1.807) is 30.0 Å². The van der Waals surface area contributed by atoms with E-state index < -0.39 is 0 Å². The van der Waals surface area contributed by atoms with E-state index in [2.05, 4.69) is 5.32 Å². The number of carbonyl (C=O) groups excluding carboxylic acids is 1. The summed E-state index contributed by atoms with van der Waals surface area (Å²) in [5, 5.41) is 2.84. The predicted molar refractivity (Wildman–Crippen MR) is 88.2 cm³/mol. The second-order valence-corrected chi connectivity index (χ2v) is 5.25. The molecule has 4 nitrogen and oxygen atoms in total. The highest BCUT2D eigenvalue weighted by Gasteiger charge is 2.09. The number of nitrogens with two attached hydrogens (primary N) is 1. The van der Waals surface area contributed by atoms with Gasteiger partial charge in [-0.05, 0) is 55.6 Å². The van der Waals surface area contributed by atoms with Crippen molar-refractivity contribution in [1.29, 1.82) is 0 Å². The first-order valence-corrected chi connectivity index (χ1v) is 7.84. The minimum atomic E-state index is -0.193. The summed E-state index contributed by atoms with van der Waals surface area (Å²) in [6.07, 6.45) is 2.01. The fraction of sp³-hybridized carbons (Fsp3) is 0.188. The molecule has 0 aliphatic rings. The van der Waals surface area contributed by atoms with E-state index in [-0.39, 0.29) is 5.91 Å². The standard InChI is InChI=1S/C16H18N2O2S/c1-3-20-15-9-4-11(10-14(15)17)16(19)18-12-5-7-13(21-2)8-6-12/h4-10H,3,17H2,1-2H3,(H,18,19). The molecule has 0 atom stereocenters. The number of hydrogen-bond donors (Lipinski definition) is 2. The van der Waals surface area contributed by atoms with Gasteiger partial charge >= 0.3 is 0 Å². The summed E-state index contributed by atoms with van der Waals surface area (Å²) < 4.78 is 5.36. The van der Waals surface area contributed by atoms with Crippen LogP contribution in [0, 0.1) is 0 Å². The number of nitrogen functional groups attached to an aromatic ring is 1. The lowest BCUT2D eigenvalue weighted by Gasteiger charge is -2.09. The van der Waals surface area contributed by atoms with Gasteiger partial charge in [-0.3, -0.25) is 4.79 Å². The lowest BCUT2D eigenvalue weighted by molar-refractivity contribution is 0.102. The van der Waals surface area contributed by atoms with Crippen LogP contribution in [0.1, 0.15) is 17.3 Å². The van der Waals surface area contributed by atoms with Gasteiger partial charge in [-0.2, -0.15) is 0 Å². The Morgan fingerprint density at radius 3 is 2.52 bits per heavy atom. The van der Waals surface area contributed by atoms with Crippen molar-refractivity contribution < 1.29 is 9.53 Å². The molecule has 0 heterocycles. The number of benzene rings is 2. The quantitative estimate of drug-likeness (QED) is 0.654. The molecule has 2 aromatic rings. The van der Waals surface area contributed by atoms with E-state index in [0.29, 0.717) is 23.6 Å². The number of nitrogens with one attached hydrogen (secondary N) is 1. The molecule has 5 heteroatoms. The van der Waals surface area contributed by atoms with Crippen molar-refractivity contribution in [2.24, 2.45) is 0 Å². The molecule has 0 fully saturated rings. The van der Waals surface area contributed by atoms with Gasteiger partial charge in [0.1, 0.15) is 5.75 Å². The van der Waals surface area contributed by atoms with Crippen LogP contribution >= 0.6 is 11.8 Å². The zero-order chi connectivity index (χ0) is 15.2. The van der Waals surface area contributed by atoms with Crippen molar-refractivity contribution in [3.63, 3.8) is 0 Å². The number of hydrogen-bond acceptors (Lipinski definition) is 4. The molecule has 2 rings (SSSR count). The van der Waals surface area contributed by atoms with Crippen LogP contribution in [0.3, 0.4) is 0 Å². The van der Waals surface area contributed by atoms with Crippen molar-refractivity contribution in [3.05, 3.63) is 48.0 Å². The maximum absolute atomic E-state index is 12.2. The van der Waals surface area contributed by atoms with Gasteiger partial charge in [0.25, 0.3) is 5.91 Å². The summed E-state index contributed by atoms with van der Waals surface area (Å²) in [4.78, 5) is 13.3. The molecule has 1 amide bonds. The van der Waals surface area contributed by atoms with Crippen LogP contribution in [0.2, 0.25) is 0 Å². The van der Waals surface area contributed by atoms with Crippen LogP contribution in [-0.2, 0) is 0 Å². The molecule has 21 heavy (non-hydrogen) atoms. The minimum absolute atomic E-state index is 0.193. The largest absolute Gasteiger partial charge is 0.492 e. The van der Waals surface area contributed by atoms with Gasteiger partial charge in [0.05, 0.1) is 12.3 Å². The molecule has 0 spiro atoms. The lowest BCUT2D eigenvalue weighted by Crippen LogP contribution is -2.12. The molecule has 0 saturated carbocycles. The highest BCUT2D eigenvalue weighted by atomic mass is 32.2. The molecule has 0 bridgehead atoms. The number of ether oxygens (including phenoxy) is 1. The van der Waals surface area contributed by atoms with E-state index in [9.17, 15) is 4.79 Å². The van der Waals surface area contributed by atoms with Crippen molar-refractivity contribution in [3.8, 4) is 5.75 Å². The van der Waals surface area contributed by atoms with E-state index in [1.165, 1.54) is 0 Å². The Morgan fingerprint density at radius 1 is 1.24 bits per heavy atom. The SMILES string of the molecule is CCOc1ccc(C(=O)Nc2ccc(SC)cc2)cc1N. The molecular weight excluding hydrogens is 284 g/mol. The van der Waals surface area contributed by atoms with Gasteiger partial charge in [-0.25, -0.2) is 0 Å². The summed E-state index contributed by atoms with van der Waals surface area (Å²) in [6.45, 7) is 2.43. The average molecular weight is 302 g/mol. The van der Waals surface area contributed by atoms with Gasteiger partial charge < -0.3 is 15.8 Å². The third kappa shape index (κ3) is 3.92. The van der Waals surface area contributed by atoms with Gasteiger partial charge in [0.15, 0.2) is 0 Å². The Morgan fingerprint density at radius 2 is 1.95 bits per heavy atom. The third-order valence-corrected chi connectivity index (χ3v) is 3.66. The molecule has 0 aliphatic heterocycles. The van der Waals surface area contributed by atoms with Gasteiger partial charge in [-0.1, -0.05) is 0 Å². The van der Waals surface area contributed by atoms with Gasteiger partial charge in [0.2, 0.25) is 0 Å². The second-order valence-electron chi connectivity index (χ2n) is 4.37. The summed E-state index contributed by atoms with van der Waals surface area (Å²) in [5.41, 5.74) is 7.59. The predicted octanol–water partition coefficient (Wildman–Crippen LogP) is 3.64. The van der Waals surface area contributed by atoms with Crippen LogP contribution in [0.15, 0.2) is 47.4 Å². The summed E-state index contributed by atoms with van der Waals surface area (Å²) in [5.74, 6) is 0.403. The van der Waals surface area contributed by atoms with Crippen molar-refractivity contribution in [1.82, 2.24) is 0 Å². The maximum atomic E-state index is 12.2. The Balaban J connectivity index is 2.10. The molecule has 3 N–H and O–H groups in total. The second kappa shape index (κ2) is 7.04. The number of amides is 1. The zero-order valence-electron chi connectivity index (χ0n) is 12.1. The van der Waals surface area contributed by atoms with Crippen molar-refractivity contribution in [2.45, 2.75) is 11.8 Å². The number of thioether (sulfide) groups is 1. The maximum Gasteiger partial charge on any atom is 0.255 e. The van der Waals surface area contributed by atoms with E-state index in [0.717, 1.165) is 10.6 Å². The fourth-order valence-corrected chi connectivity index (χ4v) is 2.26. The molecule has 0 radical (unpaired) electrons. The molecular formula is C16H18N2O2S. The first kappa shape index (κ1) is 15.3. The van der Waals surface area contributed by atoms with E-state index >= 15 is 0 Å². The highest BCUT2D eigenvalue weighted by Crippen LogP contribution is 2.23. The molecule has 0 saturated heterocycles.